The summed E-state index contributed by atoms with van der Waals surface area (Å²) in [5.74, 6) is -2.37. The molecule has 0 spiro atoms. The highest BCUT2D eigenvalue weighted by Gasteiger charge is 2.09. The maximum absolute atomic E-state index is 13.2. The molecule has 0 aromatic heterocycles. The van der Waals surface area contributed by atoms with Gasteiger partial charge in [0.2, 0.25) is 0 Å². The van der Waals surface area contributed by atoms with E-state index in [1.165, 1.54) is 12.1 Å². The second kappa shape index (κ2) is 4.90. The first-order valence-corrected chi connectivity index (χ1v) is 5.22. The van der Waals surface area contributed by atoms with E-state index in [4.69, 9.17) is 11.0 Å². The van der Waals surface area contributed by atoms with E-state index in [0.717, 1.165) is 12.1 Å². The average Bonchev–Trinajstić information content (AvgIpc) is 2.37. The molecule has 0 bridgehead atoms. The van der Waals surface area contributed by atoms with Crippen molar-refractivity contribution in [3.63, 3.8) is 0 Å². The number of nitrogens with one attached hydrogen (secondary N) is 1. The van der Waals surface area contributed by atoms with Crippen molar-refractivity contribution in [1.29, 1.82) is 5.26 Å². The minimum atomic E-state index is -0.898. The Bertz CT molecular complexity index is 678. The third-order valence-corrected chi connectivity index (χ3v) is 2.46. The van der Waals surface area contributed by atoms with Crippen LogP contribution in [0.1, 0.15) is 5.56 Å². The zero-order chi connectivity index (χ0) is 14.0. The van der Waals surface area contributed by atoms with E-state index in [1.807, 2.05) is 0 Å². The maximum Gasteiger partial charge on any atom is 0.151 e. The number of halogens is 3. The Morgan fingerprint density at radius 2 is 1.79 bits per heavy atom. The number of hydrogen-bond acceptors (Lipinski definition) is 3. The van der Waals surface area contributed by atoms with E-state index in [2.05, 4.69) is 5.32 Å². The van der Waals surface area contributed by atoms with Gasteiger partial charge in [0, 0.05) is 11.8 Å². The van der Waals surface area contributed by atoms with Gasteiger partial charge in [-0.15, -0.1) is 0 Å². The molecule has 19 heavy (non-hydrogen) atoms. The summed E-state index contributed by atoms with van der Waals surface area (Å²) in [7, 11) is 0. The van der Waals surface area contributed by atoms with Crippen molar-refractivity contribution in [1.82, 2.24) is 0 Å². The summed E-state index contributed by atoms with van der Waals surface area (Å²) in [5.41, 5.74) is 5.32. The first-order chi connectivity index (χ1) is 9.01. The van der Waals surface area contributed by atoms with Crippen LogP contribution in [0.25, 0.3) is 0 Å². The van der Waals surface area contributed by atoms with Crippen LogP contribution in [0.4, 0.5) is 30.2 Å². The molecule has 3 nitrogen and oxygen atoms in total. The molecule has 0 heterocycles. The lowest BCUT2D eigenvalue weighted by atomic mass is 10.2. The smallest absolute Gasteiger partial charge is 0.151 e. The van der Waals surface area contributed by atoms with Crippen molar-refractivity contribution in [2.75, 3.05) is 11.1 Å². The SMILES string of the molecule is N#Cc1cc(Nc2cc(F)cc(F)c2N)ccc1F. The van der Waals surface area contributed by atoms with Gasteiger partial charge in [-0.25, -0.2) is 13.2 Å². The second-order valence-electron chi connectivity index (χ2n) is 3.78. The van der Waals surface area contributed by atoms with E-state index in [0.29, 0.717) is 11.8 Å². The summed E-state index contributed by atoms with van der Waals surface area (Å²) in [4.78, 5) is 0. The Kier molecular flexibility index (Phi) is 3.29. The lowest BCUT2D eigenvalue weighted by Crippen LogP contribution is -2.00. The predicted molar refractivity (Wildman–Crippen MR) is 65.2 cm³/mol. The molecule has 2 aromatic carbocycles. The van der Waals surface area contributed by atoms with Crippen LogP contribution in [0.15, 0.2) is 30.3 Å². The van der Waals surface area contributed by atoms with Gasteiger partial charge in [0.05, 0.1) is 16.9 Å². The van der Waals surface area contributed by atoms with Gasteiger partial charge < -0.3 is 11.1 Å². The molecule has 6 heteroatoms. The average molecular weight is 263 g/mol. The molecule has 0 fully saturated rings. The standard InChI is InChI=1S/C13H8F3N3/c14-8-4-11(16)13(18)12(5-8)19-9-1-2-10(15)7(3-9)6-17/h1-5,19H,18H2. The number of rotatable bonds is 2. The van der Waals surface area contributed by atoms with Crippen LogP contribution in [0, 0.1) is 28.8 Å². The second-order valence-corrected chi connectivity index (χ2v) is 3.78. The van der Waals surface area contributed by atoms with Crippen molar-refractivity contribution in [2.24, 2.45) is 0 Å². The minimum absolute atomic E-state index is 0.00741. The molecule has 0 saturated heterocycles. The zero-order valence-corrected chi connectivity index (χ0v) is 9.55. The van der Waals surface area contributed by atoms with Gasteiger partial charge in [-0.1, -0.05) is 0 Å². The fourth-order valence-electron chi connectivity index (χ4n) is 1.53. The quantitative estimate of drug-likeness (QED) is 0.817. The molecule has 0 radical (unpaired) electrons. The molecule has 0 aliphatic carbocycles. The lowest BCUT2D eigenvalue weighted by molar-refractivity contribution is 0.587. The Morgan fingerprint density at radius 1 is 1.05 bits per heavy atom. The Balaban J connectivity index is 2.39. The highest BCUT2D eigenvalue weighted by atomic mass is 19.1. The van der Waals surface area contributed by atoms with Crippen molar-refractivity contribution < 1.29 is 13.2 Å². The van der Waals surface area contributed by atoms with Gasteiger partial charge in [-0.3, -0.25) is 0 Å². The van der Waals surface area contributed by atoms with Gasteiger partial charge in [0.1, 0.15) is 17.7 Å². The van der Waals surface area contributed by atoms with Crippen LogP contribution in [0.2, 0.25) is 0 Å². The summed E-state index contributed by atoms with van der Waals surface area (Å²) in [6.45, 7) is 0. The predicted octanol–water partition coefficient (Wildman–Crippen LogP) is 3.30. The van der Waals surface area contributed by atoms with Gasteiger partial charge in [0.25, 0.3) is 0 Å². The molecule has 0 atom stereocenters. The zero-order valence-electron chi connectivity index (χ0n) is 9.55. The summed E-state index contributed by atoms with van der Waals surface area (Å²) < 4.78 is 39.4. The van der Waals surface area contributed by atoms with Crippen LogP contribution < -0.4 is 11.1 Å². The van der Waals surface area contributed by atoms with Gasteiger partial charge in [0.15, 0.2) is 5.82 Å². The first kappa shape index (κ1) is 12.8. The largest absolute Gasteiger partial charge is 0.395 e. The van der Waals surface area contributed by atoms with Crippen LogP contribution in [0.5, 0.6) is 0 Å². The summed E-state index contributed by atoms with van der Waals surface area (Å²) >= 11 is 0. The topological polar surface area (TPSA) is 61.8 Å². The molecular weight excluding hydrogens is 255 g/mol. The number of nitriles is 1. The van der Waals surface area contributed by atoms with Gasteiger partial charge in [-0.05, 0) is 24.3 Å². The number of nitrogens with two attached hydrogens (primary N) is 1. The molecular formula is C13H8F3N3. The molecule has 0 unspecified atom stereocenters. The van der Waals surface area contributed by atoms with Gasteiger partial charge in [-0.2, -0.15) is 5.26 Å². The monoisotopic (exact) mass is 263 g/mol. The van der Waals surface area contributed by atoms with E-state index in [-0.39, 0.29) is 16.9 Å². The van der Waals surface area contributed by atoms with E-state index < -0.39 is 17.5 Å². The normalized spacial score (nSPS) is 10.0. The van der Waals surface area contributed by atoms with Crippen molar-refractivity contribution in [3.8, 4) is 6.07 Å². The number of hydrogen-bond donors (Lipinski definition) is 2. The van der Waals surface area contributed by atoms with Crippen LogP contribution in [-0.4, -0.2) is 0 Å². The van der Waals surface area contributed by atoms with Crippen molar-refractivity contribution in [2.45, 2.75) is 0 Å². The molecule has 0 amide bonds. The fourth-order valence-corrected chi connectivity index (χ4v) is 1.53. The van der Waals surface area contributed by atoms with E-state index in [9.17, 15) is 13.2 Å². The Labute approximate surface area is 107 Å². The summed E-state index contributed by atoms with van der Waals surface area (Å²) in [6.07, 6.45) is 0. The van der Waals surface area contributed by atoms with E-state index in [1.54, 1.807) is 6.07 Å². The maximum atomic E-state index is 13.2. The third kappa shape index (κ3) is 2.60. The number of anilines is 3. The number of benzene rings is 2. The molecule has 2 aromatic rings. The molecule has 0 aliphatic rings. The van der Waals surface area contributed by atoms with Gasteiger partial charge >= 0.3 is 0 Å². The highest BCUT2D eigenvalue weighted by Crippen LogP contribution is 2.27. The van der Waals surface area contributed by atoms with Crippen LogP contribution in [0.3, 0.4) is 0 Å². The molecule has 3 N–H and O–H groups in total. The summed E-state index contributed by atoms with van der Waals surface area (Å²) in [5, 5.41) is 11.3. The Morgan fingerprint density at radius 3 is 2.47 bits per heavy atom. The lowest BCUT2D eigenvalue weighted by Gasteiger charge is -2.10. The van der Waals surface area contributed by atoms with Crippen molar-refractivity contribution in [3.05, 3.63) is 53.3 Å². The minimum Gasteiger partial charge on any atom is -0.395 e. The molecule has 96 valence electrons. The number of nitrogen functional groups attached to an aromatic ring is 1. The molecule has 0 saturated carbocycles. The number of nitrogens with zero attached hydrogens (tertiary/aromatic N) is 1. The van der Waals surface area contributed by atoms with Crippen LogP contribution >= 0.6 is 0 Å². The third-order valence-electron chi connectivity index (χ3n) is 2.46. The van der Waals surface area contributed by atoms with Crippen LogP contribution in [-0.2, 0) is 0 Å². The molecule has 0 aliphatic heterocycles. The fraction of sp³-hybridized carbons (Fsp3) is 0. The Hall–Kier alpha value is -2.68. The summed E-state index contributed by atoms with van der Waals surface area (Å²) in [6, 6.07) is 6.96. The first-order valence-electron chi connectivity index (χ1n) is 5.22. The molecule has 2 rings (SSSR count). The van der Waals surface area contributed by atoms with Crippen molar-refractivity contribution >= 4 is 17.1 Å². The highest BCUT2D eigenvalue weighted by molar-refractivity contribution is 5.73. The van der Waals surface area contributed by atoms with E-state index >= 15 is 0 Å².